The van der Waals surface area contributed by atoms with Gasteiger partial charge in [0.15, 0.2) is 6.61 Å². The lowest BCUT2D eigenvalue weighted by Gasteiger charge is -2.34. The van der Waals surface area contributed by atoms with Crippen LogP contribution < -0.4 is 4.72 Å². The molecule has 9 heteroatoms. The molecule has 1 fully saturated rings. The summed E-state index contributed by atoms with van der Waals surface area (Å²) >= 11 is 0. The molecular formula is C17H23FN2O5S. The molecular weight excluding hydrogens is 363 g/mol. The molecule has 144 valence electrons. The average molecular weight is 386 g/mol. The number of nitrogens with zero attached hydrogens (tertiary/aromatic N) is 1. The van der Waals surface area contributed by atoms with Gasteiger partial charge in [0.2, 0.25) is 10.0 Å². The molecule has 26 heavy (non-hydrogen) atoms. The van der Waals surface area contributed by atoms with Crippen LogP contribution in [0.1, 0.15) is 20.3 Å². The summed E-state index contributed by atoms with van der Waals surface area (Å²) in [6.07, 6.45) is 1.05. The van der Waals surface area contributed by atoms with Crippen molar-refractivity contribution in [2.45, 2.75) is 25.2 Å². The summed E-state index contributed by atoms with van der Waals surface area (Å²) in [4.78, 5) is 25.3. The Labute approximate surface area is 152 Å². The molecule has 1 heterocycles. The van der Waals surface area contributed by atoms with Crippen LogP contribution >= 0.6 is 0 Å². The van der Waals surface area contributed by atoms with Crippen LogP contribution in [0.25, 0.3) is 0 Å². The highest BCUT2D eigenvalue weighted by molar-refractivity contribution is 7.89. The summed E-state index contributed by atoms with van der Waals surface area (Å²) in [7, 11) is -3.96. The fraction of sp³-hybridized carbons (Fsp3) is 0.529. The summed E-state index contributed by atoms with van der Waals surface area (Å²) in [5, 5.41) is 0. The van der Waals surface area contributed by atoms with Crippen LogP contribution in [0, 0.1) is 17.7 Å². The van der Waals surface area contributed by atoms with Gasteiger partial charge in [-0.1, -0.05) is 13.8 Å². The molecule has 1 aromatic carbocycles. The number of piperidine rings is 1. The van der Waals surface area contributed by atoms with Crippen LogP contribution in [-0.4, -0.2) is 51.4 Å². The fourth-order valence-corrected chi connectivity index (χ4v) is 3.97. The number of sulfonamides is 1. The van der Waals surface area contributed by atoms with Gasteiger partial charge in [0.25, 0.3) is 5.91 Å². The zero-order valence-corrected chi connectivity index (χ0v) is 15.6. The standard InChI is InChI=1S/C17H23FN2O5S/c1-12-7-13(2)10-20(9-12)16(21)11-25-17(22)8-19-26(23,24)15-5-3-14(18)4-6-15/h3-6,12-13,19H,7-11H2,1-2H3/t12-,13-/m1/s1. The Balaban J connectivity index is 1.79. The van der Waals surface area contributed by atoms with E-state index in [9.17, 15) is 22.4 Å². The minimum absolute atomic E-state index is 0.168. The average Bonchev–Trinajstić information content (AvgIpc) is 2.57. The van der Waals surface area contributed by atoms with Gasteiger partial charge in [0.05, 0.1) is 4.90 Å². The van der Waals surface area contributed by atoms with E-state index in [1.54, 1.807) is 4.90 Å². The molecule has 7 nitrogen and oxygen atoms in total. The number of halogens is 1. The first-order valence-corrected chi connectivity index (χ1v) is 9.84. The molecule has 0 bridgehead atoms. The predicted molar refractivity (Wildman–Crippen MR) is 92.1 cm³/mol. The molecule has 0 aromatic heterocycles. The minimum atomic E-state index is -3.96. The zero-order valence-electron chi connectivity index (χ0n) is 14.8. The van der Waals surface area contributed by atoms with E-state index in [0.29, 0.717) is 24.9 Å². The molecule has 0 radical (unpaired) electrons. The first kappa shape index (κ1) is 20.3. The van der Waals surface area contributed by atoms with Crippen molar-refractivity contribution < 1.29 is 27.1 Å². The quantitative estimate of drug-likeness (QED) is 0.741. The summed E-state index contributed by atoms with van der Waals surface area (Å²) < 4.78 is 43.7. The van der Waals surface area contributed by atoms with Crippen LogP contribution in [0.3, 0.4) is 0 Å². The van der Waals surface area contributed by atoms with E-state index < -0.39 is 35.0 Å². The normalized spacial score (nSPS) is 20.7. The number of benzene rings is 1. The Kier molecular flexibility index (Phi) is 6.71. The lowest BCUT2D eigenvalue weighted by molar-refractivity contribution is -0.152. The summed E-state index contributed by atoms with van der Waals surface area (Å²) in [6.45, 7) is 4.34. The van der Waals surface area contributed by atoms with Gasteiger partial charge in [-0.05, 0) is 42.5 Å². The number of likely N-dealkylation sites (tertiary alicyclic amines) is 1. The second kappa shape index (κ2) is 8.59. The van der Waals surface area contributed by atoms with Crippen molar-refractivity contribution in [1.29, 1.82) is 0 Å². The predicted octanol–water partition coefficient (Wildman–Crippen LogP) is 1.15. The topological polar surface area (TPSA) is 92.8 Å². The molecule has 1 N–H and O–H groups in total. The van der Waals surface area contributed by atoms with E-state index in [1.807, 2.05) is 0 Å². The molecule has 1 aliphatic rings. The van der Waals surface area contributed by atoms with Crippen molar-refractivity contribution >= 4 is 21.9 Å². The zero-order chi connectivity index (χ0) is 19.3. The number of hydrogen-bond acceptors (Lipinski definition) is 5. The van der Waals surface area contributed by atoms with E-state index in [2.05, 4.69) is 18.6 Å². The number of hydrogen-bond donors (Lipinski definition) is 1. The summed E-state index contributed by atoms with van der Waals surface area (Å²) in [5.41, 5.74) is 0. The molecule has 2 atom stereocenters. The van der Waals surface area contributed by atoms with Gasteiger partial charge in [0.1, 0.15) is 12.4 Å². The Morgan fingerprint density at radius 3 is 2.35 bits per heavy atom. The van der Waals surface area contributed by atoms with E-state index in [4.69, 9.17) is 4.74 Å². The molecule has 0 spiro atoms. The first-order valence-electron chi connectivity index (χ1n) is 8.36. The van der Waals surface area contributed by atoms with E-state index in [0.717, 1.165) is 30.7 Å². The third-order valence-corrected chi connectivity index (χ3v) is 5.53. The number of esters is 1. The van der Waals surface area contributed by atoms with Gasteiger partial charge < -0.3 is 9.64 Å². The van der Waals surface area contributed by atoms with Crippen LogP contribution in [0.2, 0.25) is 0 Å². The summed E-state index contributed by atoms with van der Waals surface area (Å²) in [6, 6.07) is 4.19. The maximum absolute atomic E-state index is 12.8. The Bertz CT molecular complexity index is 741. The number of ether oxygens (including phenoxy) is 1. The van der Waals surface area contributed by atoms with E-state index in [-0.39, 0.29) is 10.8 Å². The third kappa shape index (κ3) is 5.77. The lowest BCUT2D eigenvalue weighted by Crippen LogP contribution is -2.44. The highest BCUT2D eigenvalue weighted by Crippen LogP contribution is 2.20. The monoisotopic (exact) mass is 386 g/mol. The number of carbonyl (C=O) groups excluding carboxylic acids is 2. The number of amides is 1. The SMILES string of the molecule is C[C@@H]1C[C@@H](C)CN(C(=O)COC(=O)CNS(=O)(=O)c2ccc(F)cc2)C1. The molecule has 2 rings (SSSR count). The van der Waals surface area contributed by atoms with Crippen molar-refractivity contribution in [3.05, 3.63) is 30.1 Å². The molecule has 0 aliphatic carbocycles. The van der Waals surface area contributed by atoms with Gasteiger partial charge in [-0.15, -0.1) is 0 Å². The minimum Gasteiger partial charge on any atom is -0.455 e. The van der Waals surface area contributed by atoms with Crippen LogP contribution in [0.15, 0.2) is 29.2 Å². The van der Waals surface area contributed by atoms with E-state index >= 15 is 0 Å². The third-order valence-electron chi connectivity index (χ3n) is 4.11. The molecule has 0 saturated carbocycles. The highest BCUT2D eigenvalue weighted by Gasteiger charge is 2.26. The van der Waals surface area contributed by atoms with Gasteiger partial charge >= 0.3 is 5.97 Å². The largest absolute Gasteiger partial charge is 0.455 e. The number of nitrogens with one attached hydrogen (secondary N) is 1. The van der Waals surface area contributed by atoms with Gasteiger partial charge in [-0.3, -0.25) is 9.59 Å². The highest BCUT2D eigenvalue weighted by atomic mass is 32.2. The van der Waals surface area contributed by atoms with Crippen LogP contribution in [0.5, 0.6) is 0 Å². The van der Waals surface area contributed by atoms with Gasteiger partial charge in [-0.2, -0.15) is 4.72 Å². The van der Waals surface area contributed by atoms with E-state index in [1.165, 1.54) is 0 Å². The molecule has 1 aliphatic heterocycles. The summed E-state index contributed by atoms with van der Waals surface area (Å²) in [5.74, 6) is -0.939. The van der Waals surface area contributed by atoms with Crippen molar-refractivity contribution in [1.82, 2.24) is 9.62 Å². The lowest BCUT2D eigenvalue weighted by atomic mass is 9.92. The van der Waals surface area contributed by atoms with Crippen LogP contribution in [-0.2, 0) is 24.3 Å². The number of carbonyl (C=O) groups is 2. The van der Waals surface area contributed by atoms with Crippen molar-refractivity contribution in [2.24, 2.45) is 11.8 Å². The molecule has 0 unspecified atom stereocenters. The van der Waals surface area contributed by atoms with Gasteiger partial charge in [-0.25, -0.2) is 12.8 Å². The van der Waals surface area contributed by atoms with Crippen molar-refractivity contribution in [3.8, 4) is 0 Å². The second-order valence-electron chi connectivity index (χ2n) is 6.68. The maximum atomic E-state index is 12.8. The Morgan fingerprint density at radius 2 is 1.77 bits per heavy atom. The van der Waals surface area contributed by atoms with Crippen molar-refractivity contribution in [2.75, 3.05) is 26.2 Å². The van der Waals surface area contributed by atoms with Crippen molar-refractivity contribution in [3.63, 3.8) is 0 Å². The second-order valence-corrected chi connectivity index (χ2v) is 8.45. The van der Waals surface area contributed by atoms with Gasteiger partial charge in [0, 0.05) is 13.1 Å². The number of rotatable bonds is 6. The Morgan fingerprint density at radius 1 is 1.19 bits per heavy atom. The molecule has 1 saturated heterocycles. The maximum Gasteiger partial charge on any atom is 0.321 e. The smallest absolute Gasteiger partial charge is 0.321 e. The first-order chi connectivity index (χ1) is 12.2. The molecule has 1 amide bonds. The molecule has 1 aromatic rings. The Hall–Kier alpha value is -2.00. The van der Waals surface area contributed by atoms with Crippen LogP contribution in [0.4, 0.5) is 4.39 Å². The fourth-order valence-electron chi connectivity index (χ4n) is 3.00.